The molecule has 1 N–H and O–H groups in total. The van der Waals surface area contributed by atoms with E-state index in [9.17, 15) is 14.7 Å². The highest BCUT2D eigenvalue weighted by Crippen LogP contribution is 2.43. The van der Waals surface area contributed by atoms with E-state index in [4.69, 9.17) is 9.47 Å². The van der Waals surface area contributed by atoms with Gasteiger partial charge in [-0.05, 0) is 48.4 Å². The quantitative estimate of drug-likeness (QED) is 0.367. The first-order valence-electron chi connectivity index (χ1n) is 10.1. The third kappa shape index (κ3) is 3.23. The van der Waals surface area contributed by atoms with Crippen molar-refractivity contribution in [3.8, 4) is 11.5 Å². The van der Waals surface area contributed by atoms with E-state index in [1.807, 2.05) is 13.0 Å². The van der Waals surface area contributed by atoms with E-state index in [1.54, 1.807) is 55.1 Å². The van der Waals surface area contributed by atoms with Crippen LogP contribution in [0.15, 0.2) is 59.6 Å². The summed E-state index contributed by atoms with van der Waals surface area (Å²) < 4.78 is 11.0. The van der Waals surface area contributed by atoms with Crippen molar-refractivity contribution in [2.24, 2.45) is 0 Å². The molecule has 162 valence electrons. The fourth-order valence-corrected chi connectivity index (χ4v) is 4.86. The Morgan fingerprint density at radius 2 is 2.00 bits per heavy atom. The van der Waals surface area contributed by atoms with Crippen LogP contribution in [-0.2, 0) is 16.0 Å². The minimum absolute atomic E-state index is 0.0299. The number of aliphatic hydroxyl groups is 1. The number of aliphatic hydroxyl groups excluding tert-OH is 1. The molecule has 1 amide bonds. The van der Waals surface area contributed by atoms with Gasteiger partial charge in [-0.25, -0.2) is 4.98 Å². The zero-order valence-corrected chi connectivity index (χ0v) is 18.3. The van der Waals surface area contributed by atoms with Crippen molar-refractivity contribution >= 4 is 33.9 Å². The fourth-order valence-electron chi connectivity index (χ4n) is 4.19. The zero-order valence-electron chi connectivity index (χ0n) is 17.4. The van der Waals surface area contributed by atoms with Crippen molar-refractivity contribution in [1.82, 2.24) is 4.98 Å². The van der Waals surface area contributed by atoms with Crippen LogP contribution in [-0.4, -0.2) is 35.0 Å². The number of carbonyl (C=O) groups excluding carboxylic acids is 2. The van der Waals surface area contributed by atoms with Crippen molar-refractivity contribution < 1.29 is 24.2 Å². The number of carbonyl (C=O) groups is 2. The molecule has 32 heavy (non-hydrogen) atoms. The second kappa shape index (κ2) is 7.80. The van der Waals surface area contributed by atoms with Gasteiger partial charge in [0.05, 0.1) is 18.7 Å². The minimum atomic E-state index is -0.810. The molecule has 3 aromatic rings. The van der Waals surface area contributed by atoms with Crippen molar-refractivity contribution in [3.05, 3.63) is 76.3 Å². The predicted octanol–water partition coefficient (Wildman–Crippen LogP) is 4.10. The number of nitrogens with zero attached hydrogens (tertiary/aromatic N) is 2. The number of hydrogen-bond donors (Lipinski definition) is 1. The van der Waals surface area contributed by atoms with Crippen molar-refractivity contribution in [3.63, 3.8) is 0 Å². The maximum atomic E-state index is 13.1. The molecule has 1 saturated heterocycles. The lowest BCUT2D eigenvalue weighted by Crippen LogP contribution is -2.29. The molecular weight excluding hydrogens is 428 g/mol. The average molecular weight is 449 g/mol. The highest BCUT2D eigenvalue weighted by atomic mass is 32.1. The van der Waals surface area contributed by atoms with Gasteiger partial charge < -0.3 is 14.6 Å². The van der Waals surface area contributed by atoms with Crippen LogP contribution in [0.5, 0.6) is 11.5 Å². The topological polar surface area (TPSA) is 89.0 Å². The van der Waals surface area contributed by atoms with Gasteiger partial charge in [0.1, 0.15) is 23.4 Å². The first-order valence-corrected chi connectivity index (χ1v) is 11.0. The lowest BCUT2D eigenvalue weighted by molar-refractivity contribution is -0.132. The number of ether oxygens (including phenoxy) is 2. The van der Waals surface area contributed by atoms with Crippen LogP contribution in [0.3, 0.4) is 0 Å². The molecule has 1 aromatic heterocycles. The summed E-state index contributed by atoms with van der Waals surface area (Å²) in [5.41, 5.74) is 2.12. The normalized spacial score (nSPS) is 21.5. The molecule has 3 heterocycles. The standard InChI is InChI=1S/C24H20N2O5S/c1-13-11-16-12-15(5-8-18(16)31-13)21(27)19-20(14-3-6-17(30-2)7-4-14)26(23(29)22(19)28)24-25-9-10-32-24/h3-10,12-13,20,27H,11H2,1-2H3/t13-,20-/m1/s1. The van der Waals surface area contributed by atoms with E-state index in [0.717, 1.165) is 11.3 Å². The number of amides is 1. The number of hydrogen-bond acceptors (Lipinski definition) is 7. The Kier molecular flexibility index (Phi) is 4.94. The van der Waals surface area contributed by atoms with Gasteiger partial charge in [-0.2, -0.15) is 0 Å². The van der Waals surface area contributed by atoms with E-state index >= 15 is 0 Å². The SMILES string of the molecule is COc1ccc([C@@H]2C(=C(O)c3ccc4c(c3)C[C@@H](C)O4)C(=O)C(=O)N2c2nccs2)cc1. The van der Waals surface area contributed by atoms with Gasteiger partial charge in [-0.15, -0.1) is 11.3 Å². The smallest absolute Gasteiger partial charge is 0.301 e. The molecule has 2 aromatic carbocycles. The van der Waals surface area contributed by atoms with Crippen LogP contribution < -0.4 is 14.4 Å². The maximum Gasteiger partial charge on any atom is 0.301 e. The van der Waals surface area contributed by atoms with Gasteiger partial charge in [0, 0.05) is 23.6 Å². The summed E-state index contributed by atoms with van der Waals surface area (Å²) in [6.07, 6.45) is 2.34. The van der Waals surface area contributed by atoms with Crippen LogP contribution in [0.25, 0.3) is 5.76 Å². The van der Waals surface area contributed by atoms with E-state index < -0.39 is 17.7 Å². The number of benzene rings is 2. The molecule has 2 atom stereocenters. The molecule has 8 heteroatoms. The molecule has 0 saturated carbocycles. The highest BCUT2D eigenvalue weighted by molar-refractivity contribution is 7.14. The zero-order chi connectivity index (χ0) is 22.4. The largest absolute Gasteiger partial charge is 0.507 e. The third-order valence-electron chi connectivity index (χ3n) is 5.67. The lowest BCUT2D eigenvalue weighted by atomic mass is 9.94. The number of fused-ring (bicyclic) bond motifs is 1. The Bertz CT molecular complexity index is 1230. The molecule has 2 aliphatic rings. The Balaban J connectivity index is 1.67. The first-order chi connectivity index (χ1) is 15.5. The lowest BCUT2D eigenvalue weighted by Gasteiger charge is -2.23. The minimum Gasteiger partial charge on any atom is -0.507 e. The summed E-state index contributed by atoms with van der Waals surface area (Å²) in [6.45, 7) is 1.97. The number of rotatable bonds is 4. The second-order valence-corrected chi connectivity index (χ2v) is 8.59. The van der Waals surface area contributed by atoms with Crippen LogP contribution in [0.2, 0.25) is 0 Å². The van der Waals surface area contributed by atoms with E-state index in [-0.39, 0.29) is 17.4 Å². The molecule has 0 unspecified atom stereocenters. The number of aromatic nitrogens is 1. The number of ketones is 1. The Hall–Kier alpha value is -3.65. The number of methoxy groups -OCH3 is 1. The Labute approximate surface area is 188 Å². The molecule has 0 radical (unpaired) electrons. The van der Waals surface area contributed by atoms with Crippen molar-refractivity contribution in [1.29, 1.82) is 0 Å². The van der Waals surface area contributed by atoms with Crippen LogP contribution in [0, 0.1) is 0 Å². The third-order valence-corrected chi connectivity index (χ3v) is 6.44. The fraction of sp³-hybridized carbons (Fsp3) is 0.208. The maximum absolute atomic E-state index is 13.1. The second-order valence-electron chi connectivity index (χ2n) is 7.71. The van der Waals surface area contributed by atoms with E-state index in [2.05, 4.69) is 4.98 Å². The van der Waals surface area contributed by atoms with Crippen LogP contribution in [0.4, 0.5) is 5.13 Å². The highest BCUT2D eigenvalue weighted by Gasteiger charge is 2.48. The molecule has 2 aliphatic heterocycles. The number of anilines is 1. The predicted molar refractivity (Wildman–Crippen MR) is 120 cm³/mol. The van der Waals surface area contributed by atoms with Crippen LogP contribution in [0.1, 0.15) is 29.7 Å². The summed E-state index contributed by atoms with van der Waals surface area (Å²) in [5.74, 6) is -0.272. The monoisotopic (exact) mass is 448 g/mol. The summed E-state index contributed by atoms with van der Waals surface area (Å²) in [4.78, 5) is 31.8. The average Bonchev–Trinajstić information content (AvgIpc) is 3.51. The molecular formula is C24H20N2O5S. The summed E-state index contributed by atoms with van der Waals surface area (Å²) in [7, 11) is 1.56. The van der Waals surface area contributed by atoms with Crippen molar-refractivity contribution in [2.75, 3.05) is 12.0 Å². The van der Waals surface area contributed by atoms with Gasteiger partial charge in [-0.3, -0.25) is 14.5 Å². The van der Waals surface area contributed by atoms with E-state index in [1.165, 1.54) is 16.2 Å². The molecule has 1 fully saturated rings. The van der Waals surface area contributed by atoms with Gasteiger partial charge >= 0.3 is 5.91 Å². The summed E-state index contributed by atoms with van der Waals surface area (Å²) >= 11 is 1.25. The first kappa shape index (κ1) is 20.3. The molecule has 0 bridgehead atoms. The van der Waals surface area contributed by atoms with Crippen LogP contribution >= 0.6 is 11.3 Å². The van der Waals surface area contributed by atoms with Gasteiger partial charge in [0.25, 0.3) is 5.78 Å². The summed E-state index contributed by atoms with van der Waals surface area (Å²) in [6, 6.07) is 11.6. The van der Waals surface area contributed by atoms with Crippen molar-refractivity contribution in [2.45, 2.75) is 25.5 Å². The molecule has 7 nitrogen and oxygen atoms in total. The van der Waals surface area contributed by atoms with Gasteiger partial charge in [0.2, 0.25) is 0 Å². The number of thiazole rings is 1. The van der Waals surface area contributed by atoms with E-state index in [0.29, 0.717) is 28.4 Å². The number of Topliss-reactive ketones (excluding diaryl/α,β-unsaturated/α-hetero) is 1. The molecule has 5 rings (SSSR count). The Morgan fingerprint density at radius 1 is 1.22 bits per heavy atom. The van der Waals surface area contributed by atoms with Gasteiger partial charge in [0.15, 0.2) is 5.13 Å². The molecule has 0 spiro atoms. The van der Waals surface area contributed by atoms with Gasteiger partial charge in [-0.1, -0.05) is 12.1 Å². The Morgan fingerprint density at radius 3 is 2.69 bits per heavy atom. The summed E-state index contributed by atoms with van der Waals surface area (Å²) in [5, 5.41) is 13.4. The molecule has 0 aliphatic carbocycles.